The molecule has 2 aromatic heterocycles. The highest BCUT2D eigenvalue weighted by atomic mass is 32.1. The summed E-state index contributed by atoms with van der Waals surface area (Å²) in [6.45, 7) is 7.08. The van der Waals surface area contributed by atoms with E-state index in [4.69, 9.17) is 0 Å². The van der Waals surface area contributed by atoms with Crippen LogP contribution in [0.25, 0.3) is 15.8 Å². The Bertz CT molecular complexity index is 1760. The summed E-state index contributed by atoms with van der Waals surface area (Å²) in [6, 6.07) is 15.9. The Hall–Kier alpha value is -4.28. The third-order valence-corrected chi connectivity index (χ3v) is 10.8. The molecule has 4 aromatic rings. The van der Waals surface area contributed by atoms with Crippen LogP contribution < -0.4 is 15.6 Å². The number of fused-ring (bicyclic) bond motifs is 2. The van der Waals surface area contributed by atoms with Gasteiger partial charge in [-0.1, -0.05) is 61.8 Å². The molecule has 9 nitrogen and oxygen atoms in total. The molecule has 246 valence electrons. The first-order chi connectivity index (χ1) is 22.9. The number of hydrazine groups is 1. The van der Waals surface area contributed by atoms with Crippen molar-refractivity contribution in [2.75, 3.05) is 36.9 Å². The van der Waals surface area contributed by atoms with Crippen LogP contribution in [-0.2, 0) is 19.4 Å². The van der Waals surface area contributed by atoms with Gasteiger partial charge in [0.05, 0.1) is 10.2 Å². The van der Waals surface area contributed by atoms with Crippen molar-refractivity contribution in [2.24, 2.45) is 5.92 Å². The number of pyridine rings is 1. The first kappa shape index (κ1) is 32.7. The minimum absolute atomic E-state index is 0.0897. The first-order valence-electron chi connectivity index (χ1n) is 16.7. The van der Waals surface area contributed by atoms with E-state index in [1.807, 2.05) is 43.4 Å². The Morgan fingerprint density at radius 1 is 1.09 bits per heavy atom. The van der Waals surface area contributed by atoms with Gasteiger partial charge < -0.3 is 20.3 Å². The molecule has 0 saturated heterocycles. The van der Waals surface area contributed by atoms with E-state index in [-0.39, 0.29) is 5.69 Å². The van der Waals surface area contributed by atoms with Gasteiger partial charge >= 0.3 is 5.97 Å². The maximum Gasteiger partial charge on any atom is 0.355 e. The van der Waals surface area contributed by atoms with Gasteiger partial charge in [0, 0.05) is 50.1 Å². The summed E-state index contributed by atoms with van der Waals surface area (Å²) in [5, 5.41) is 16.3. The number of rotatable bonds is 8. The number of aromatic nitrogens is 2. The predicted molar refractivity (Wildman–Crippen MR) is 190 cm³/mol. The molecule has 1 fully saturated rings. The Morgan fingerprint density at radius 3 is 2.62 bits per heavy atom. The number of anilines is 2. The van der Waals surface area contributed by atoms with Crippen LogP contribution in [-0.4, -0.2) is 59.0 Å². The van der Waals surface area contributed by atoms with E-state index in [9.17, 15) is 14.7 Å². The highest BCUT2D eigenvalue weighted by Gasteiger charge is 2.28. The SMILES string of the molecule is CCc1ccc(C=O)c2c1CCN(c1ccc(C3=C(C)N(CC4CCCCC4)NC3)c(C(=O)O)n1)C2.CNc1nc2ccccc2s1. The fourth-order valence-corrected chi connectivity index (χ4v) is 7.94. The number of nitrogens with zero attached hydrogens (tertiary/aromatic N) is 4. The second kappa shape index (κ2) is 14.6. The van der Waals surface area contributed by atoms with Gasteiger partial charge in [0.15, 0.2) is 10.8 Å². The Balaban J connectivity index is 0.000000295. The van der Waals surface area contributed by atoms with E-state index < -0.39 is 5.97 Å². The number of carbonyl (C=O) groups is 2. The molecule has 0 unspecified atom stereocenters. The zero-order chi connectivity index (χ0) is 32.9. The first-order valence-corrected chi connectivity index (χ1v) is 17.5. The molecule has 0 radical (unpaired) electrons. The third-order valence-electron chi connectivity index (χ3n) is 9.75. The van der Waals surface area contributed by atoms with Crippen LogP contribution in [0.1, 0.15) is 89.1 Å². The smallest absolute Gasteiger partial charge is 0.355 e. The second-order valence-corrected chi connectivity index (χ2v) is 13.6. The molecule has 7 rings (SSSR count). The number of aldehydes is 1. The molecule has 47 heavy (non-hydrogen) atoms. The summed E-state index contributed by atoms with van der Waals surface area (Å²) >= 11 is 1.68. The van der Waals surface area contributed by atoms with Crippen molar-refractivity contribution in [1.29, 1.82) is 0 Å². The summed E-state index contributed by atoms with van der Waals surface area (Å²) < 4.78 is 1.23. The van der Waals surface area contributed by atoms with Crippen LogP contribution in [0.3, 0.4) is 0 Å². The maximum atomic E-state index is 12.3. The minimum Gasteiger partial charge on any atom is -0.476 e. The summed E-state index contributed by atoms with van der Waals surface area (Å²) in [4.78, 5) is 35.1. The van der Waals surface area contributed by atoms with Crippen molar-refractivity contribution < 1.29 is 14.7 Å². The molecule has 4 heterocycles. The second-order valence-electron chi connectivity index (χ2n) is 12.5. The lowest BCUT2D eigenvalue weighted by atomic mass is 9.89. The van der Waals surface area contributed by atoms with E-state index in [0.29, 0.717) is 36.0 Å². The van der Waals surface area contributed by atoms with Crippen LogP contribution in [0, 0.1) is 5.92 Å². The molecule has 0 spiro atoms. The van der Waals surface area contributed by atoms with E-state index in [2.05, 4.69) is 56.6 Å². The van der Waals surface area contributed by atoms with Crippen LogP contribution >= 0.6 is 11.3 Å². The zero-order valence-electron chi connectivity index (χ0n) is 27.5. The number of hydrogen-bond acceptors (Lipinski definition) is 9. The van der Waals surface area contributed by atoms with Crippen LogP contribution in [0.15, 0.2) is 54.2 Å². The van der Waals surface area contributed by atoms with Crippen LogP contribution in [0.2, 0.25) is 0 Å². The highest BCUT2D eigenvalue weighted by Crippen LogP contribution is 2.33. The molecule has 2 aromatic carbocycles. The molecule has 2 aliphatic heterocycles. The van der Waals surface area contributed by atoms with Gasteiger partial charge in [-0.05, 0) is 85.1 Å². The summed E-state index contributed by atoms with van der Waals surface area (Å²) in [5.41, 5.74) is 11.7. The lowest BCUT2D eigenvalue weighted by Gasteiger charge is -2.32. The molecule has 0 atom stereocenters. The molecular formula is C37H44N6O3S. The Kier molecular flexibility index (Phi) is 10.2. The number of carbonyl (C=O) groups excluding carboxylic acids is 1. The van der Waals surface area contributed by atoms with Gasteiger partial charge in [-0.3, -0.25) is 4.79 Å². The molecule has 3 N–H and O–H groups in total. The van der Waals surface area contributed by atoms with Gasteiger partial charge in [0.1, 0.15) is 12.1 Å². The normalized spacial score (nSPS) is 16.6. The van der Waals surface area contributed by atoms with Gasteiger partial charge in [-0.15, -0.1) is 0 Å². The van der Waals surface area contributed by atoms with Crippen molar-refractivity contribution in [1.82, 2.24) is 20.4 Å². The minimum atomic E-state index is -1.02. The maximum absolute atomic E-state index is 12.3. The van der Waals surface area contributed by atoms with E-state index in [1.54, 1.807) is 11.3 Å². The van der Waals surface area contributed by atoms with Crippen molar-refractivity contribution in [3.63, 3.8) is 0 Å². The van der Waals surface area contributed by atoms with Gasteiger partial charge in [-0.25, -0.2) is 20.2 Å². The summed E-state index contributed by atoms with van der Waals surface area (Å²) in [6.07, 6.45) is 9.14. The van der Waals surface area contributed by atoms with Crippen LogP contribution in [0.5, 0.6) is 0 Å². The molecule has 1 saturated carbocycles. The van der Waals surface area contributed by atoms with Gasteiger partial charge in [-0.2, -0.15) is 0 Å². The van der Waals surface area contributed by atoms with Crippen LogP contribution in [0.4, 0.5) is 10.9 Å². The van der Waals surface area contributed by atoms with Crippen molar-refractivity contribution in [3.05, 3.63) is 87.7 Å². The molecule has 0 bridgehead atoms. The number of aryl methyl sites for hydroxylation is 1. The Labute approximate surface area is 280 Å². The fourth-order valence-electron chi connectivity index (χ4n) is 7.13. The average molecular weight is 653 g/mol. The average Bonchev–Trinajstić information content (AvgIpc) is 3.70. The lowest BCUT2D eigenvalue weighted by molar-refractivity contribution is 0.0690. The number of carboxylic acid groups (broad SMARTS) is 1. The number of carboxylic acids is 1. The zero-order valence-corrected chi connectivity index (χ0v) is 28.3. The van der Waals surface area contributed by atoms with E-state index in [0.717, 1.165) is 59.7 Å². The molecule has 1 aliphatic carbocycles. The summed E-state index contributed by atoms with van der Waals surface area (Å²) in [7, 11) is 1.89. The quantitative estimate of drug-likeness (QED) is 0.170. The van der Waals surface area contributed by atoms with Crippen molar-refractivity contribution >= 4 is 50.3 Å². The number of para-hydroxylation sites is 1. The Morgan fingerprint density at radius 2 is 1.89 bits per heavy atom. The number of nitrogens with one attached hydrogen (secondary N) is 2. The fraction of sp³-hybridized carbons (Fsp3) is 0.405. The molecule has 3 aliphatic rings. The molecule has 10 heteroatoms. The third kappa shape index (κ3) is 7.04. The lowest BCUT2D eigenvalue weighted by Crippen LogP contribution is -2.36. The van der Waals surface area contributed by atoms with Gasteiger partial charge in [0.25, 0.3) is 0 Å². The molecule has 0 amide bonds. The standard InChI is InChI=1S/C29H36N4O3.C8H8N2S/c1-3-21-9-10-22(18-34)26-17-32(14-13-23(21)26)27-12-11-24(28(31-27)29(35)36)25-15-30-33(19(25)2)16-20-7-5-4-6-8-20;1-9-8-10-6-4-2-3-5-7(6)11-8/h9-12,18,20,30H,3-8,13-17H2,1-2H3,(H,35,36);2-5H,1H3,(H,9,10). The number of thiazole rings is 1. The van der Waals surface area contributed by atoms with E-state index >= 15 is 0 Å². The predicted octanol–water partition coefficient (Wildman–Crippen LogP) is 7.19. The highest BCUT2D eigenvalue weighted by molar-refractivity contribution is 7.22. The topological polar surface area (TPSA) is 111 Å². The summed E-state index contributed by atoms with van der Waals surface area (Å²) in [5.74, 6) is 0.312. The number of benzene rings is 2. The van der Waals surface area contributed by atoms with E-state index in [1.165, 1.54) is 47.9 Å². The molecular weight excluding hydrogens is 609 g/mol. The van der Waals surface area contributed by atoms with Gasteiger partial charge in [0.2, 0.25) is 0 Å². The number of aromatic carboxylic acids is 1. The van der Waals surface area contributed by atoms with Crippen molar-refractivity contribution in [3.8, 4) is 0 Å². The monoisotopic (exact) mass is 652 g/mol. The van der Waals surface area contributed by atoms with Crippen molar-refractivity contribution in [2.45, 2.75) is 65.3 Å². The largest absolute Gasteiger partial charge is 0.476 e. The number of hydrogen-bond donors (Lipinski definition) is 3. The number of allylic oxidation sites excluding steroid dienone is 1.